The van der Waals surface area contributed by atoms with Gasteiger partial charge in [0.15, 0.2) is 5.78 Å². The van der Waals surface area contributed by atoms with Crippen molar-refractivity contribution in [1.82, 2.24) is 20.9 Å². The Hall–Kier alpha value is -2.82. The number of carbonyl (C=O) groups is 6. The molecule has 0 aromatic heterocycles. The lowest BCUT2D eigenvalue weighted by molar-refractivity contribution is -0.250. The second-order valence-electron chi connectivity index (χ2n) is 13.3. The van der Waals surface area contributed by atoms with Crippen molar-refractivity contribution in [3.05, 3.63) is 0 Å². The second-order valence-corrected chi connectivity index (χ2v) is 13.3. The Morgan fingerprint density at radius 3 is 2.08 bits per heavy atom. The average molecular weight is 567 g/mol. The van der Waals surface area contributed by atoms with E-state index in [9.17, 15) is 28.8 Å². The van der Waals surface area contributed by atoms with Crippen molar-refractivity contribution in [2.45, 2.75) is 112 Å². The van der Waals surface area contributed by atoms with E-state index in [-0.39, 0.29) is 53.6 Å². The molecule has 0 aliphatic carbocycles. The number of carbonyl (C=O) groups excluding carboxylic acids is 6. The SMILES string of the molecule is CC(C)C(NC(=O)CCCCCN1C(=O)CC(C(C)(C)C)C1=O)C(=O)NC(CCCNC([NH3+])=O)C(=O)C(C)(C)C. The third kappa shape index (κ3) is 11.3. The minimum atomic E-state index is -0.809. The number of ketones is 1. The number of nitrogens with one attached hydrogen (secondary N) is 3. The highest BCUT2D eigenvalue weighted by atomic mass is 16.2. The molecule has 0 radical (unpaired) electrons. The molecule has 1 aliphatic heterocycles. The largest absolute Gasteiger partial charge is 0.411 e. The molecule has 0 saturated carbocycles. The van der Waals surface area contributed by atoms with E-state index in [2.05, 4.69) is 21.7 Å². The van der Waals surface area contributed by atoms with Crippen LogP contribution in [0.15, 0.2) is 0 Å². The summed E-state index contributed by atoms with van der Waals surface area (Å²) < 4.78 is 0. The van der Waals surface area contributed by atoms with Gasteiger partial charge in [0.05, 0.1) is 12.0 Å². The molecule has 0 spiro atoms. The highest BCUT2D eigenvalue weighted by molar-refractivity contribution is 6.03. The number of hydrogen-bond donors (Lipinski definition) is 4. The predicted molar refractivity (Wildman–Crippen MR) is 151 cm³/mol. The van der Waals surface area contributed by atoms with E-state index in [4.69, 9.17) is 0 Å². The van der Waals surface area contributed by atoms with Gasteiger partial charge in [0.2, 0.25) is 23.6 Å². The van der Waals surface area contributed by atoms with Crippen LogP contribution in [0.4, 0.5) is 4.79 Å². The summed E-state index contributed by atoms with van der Waals surface area (Å²) in [5.41, 5.74) is 2.32. The van der Waals surface area contributed by atoms with Crippen LogP contribution >= 0.6 is 0 Å². The summed E-state index contributed by atoms with van der Waals surface area (Å²) in [5.74, 6) is -1.57. The summed E-state index contributed by atoms with van der Waals surface area (Å²) in [7, 11) is 0. The molecule has 0 bridgehead atoms. The van der Waals surface area contributed by atoms with Crippen molar-refractivity contribution < 1.29 is 34.5 Å². The molecule has 1 saturated heterocycles. The first-order valence-electron chi connectivity index (χ1n) is 14.4. The molecule has 0 aromatic rings. The fourth-order valence-electron chi connectivity index (χ4n) is 4.69. The summed E-state index contributed by atoms with van der Waals surface area (Å²) in [6, 6.07) is -1.96. The van der Waals surface area contributed by atoms with E-state index in [1.54, 1.807) is 20.8 Å². The van der Waals surface area contributed by atoms with E-state index in [1.807, 2.05) is 34.6 Å². The molecule has 228 valence electrons. The van der Waals surface area contributed by atoms with Crippen molar-refractivity contribution in [2.24, 2.45) is 22.7 Å². The van der Waals surface area contributed by atoms with Crippen LogP contribution in [0.1, 0.15) is 100 Å². The minimum Gasteiger partial charge on any atom is -0.344 e. The first kappa shape index (κ1) is 35.2. The molecule has 1 fully saturated rings. The van der Waals surface area contributed by atoms with Crippen molar-refractivity contribution >= 4 is 35.4 Å². The Morgan fingerprint density at radius 1 is 0.950 bits per heavy atom. The number of likely N-dealkylation sites (tertiary alicyclic amines) is 1. The van der Waals surface area contributed by atoms with Gasteiger partial charge in [-0.05, 0) is 37.0 Å². The Morgan fingerprint density at radius 2 is 1.57 bits per heavy atom. The third-order valence-electron chi connectivity index (χ3n) is 7.20. The number of urea groups is 1. The van der Waals surface area contributed by atoms with E-state index in [0.717, 1.165) is 0 Å². The van der Waals surface area contributed by atoms with Crippen LogP contribution in [0, 0.1) is 22.7 Å². The molecular weight excluding hydrogens is 514 g/mol. The van der Waals surface area contributed by atoms with E-state index in [1.165, 1.54) is 4.90 Å². The number of nitrogens with zero attached hydrogens (tertiary/aromatic N) is 1. The Labute approximate surface area is 239 Å². The van der Waals surface area contributed by atoms with Gasteiger partial charge in [-0.1, -0.05) is 61.8 Å². The second kappa shape index (κ2) is 15.3. The lowest BCUT2D eigenvalue weighted by Gasteiger charge is -2.28. The monoisotopic (exact) mass is 566 g/mol. The van der Waals surface area contributed by atoms with Crippen LogP contribution in [-0.2, 0) is 24.0 Å². The molecule has 40 heavy (non-hydrogen) atoms. The molecule has 6 N–H and O–H groups in total. The molecule has 1 heterocycles. The fraction of sp³-hybridized carbons (Fsp3) is 0.793. The molecule has 11 heteroatoms. The Bertz CT molecular complexity index is 934. The molecule has 1 rings (SSSR count). The van der Waals surface area contributed by atoms with Crippen LogP contribution in [0.3, 0.4) is 0 Å². The third-order valence-corrected chi connectivity index (χ3v) is 7.20. The smallest absolute Gasteiger partial charge is 0.344 e. The minimum absolute atomic E-state index is 0.114. The van der Waals surface area contributed by atoms with E-state index in [0.29, 0.717) is 45.2 Å². The van der Waals surface area contributed by atoms with Crippen molar-refractivity contribution in [1.29, 1.82) is 0 Å². The van der Waals surface area contributed by atoms with Gasteiger partial charge in [0.25, 0.3) is 0 Å². The van der Waals surface area contributed by atoms with Crippen molar-refractivity contribution in [2.75, 3.05) is 13.1 Å². The number of quaternary nitrogens is 1. The Balaban J connectivity index is 2.61. The van der Waals surface area contributed by atoms with Gasteiger partial charge in [0.1, 0.15) is 6.04 Å². The highest BCUT2D eigenvalue weighted by Gasteiger charge is 2.44. The maximum atomic E-state index is 13.2. The average Bonchev–Trinajstić information content (AvgIpc) is 3.11. The molecule has 3 atom stereocenters. The summed E-state index contributed by atoms with van der Waals surface area (Å²) in [4.78, 5) is 76.1. The fourth-order valence-corrected chi connectivity index (χ4v) is 4.69. The normalized spacial score (nSPS) is 17.6. The zero-order valence-corrected chi connectivity index (χ0v) is 25.8. The van der Waals surface area contributed by atoms with E-state index >= 15 is 0 Å². The number of imide groups is 1. The Kier molecular flexibility index (Phi) is 13.4. The van der Waals surface area contributed by atoms with Gasteiger partial charge in [-0.15, -0.1) is 0 Å². The zero-order valence-electron chi connectivity index (χ0n) is 25.8. The van der Waals surface area contributed by atoms with Crippen molar-refractivity contribution in [3.63, 3.8) is 0 Å². The number of rotatable bonds is 15. The van der Waals surface area contributed by atoms with Crippen LogP contribution < -0.4 is 21.7 Å². The summed E-state index contributed by atoms with van der Waals surface area (Å²) in [5, 5.41) is 8.22. The lowest BCUT2D eigenvalue weighted by Crippen LogP contribution is -2.63. The topological polar surface area (TPSA) is 169 Å². The molecule has 1 aliphatic rings. The maximum absolute atomic E-state index is 13.2. The molecule has 0 aromatic carbocycles. The van der Waals surface area contributed by atoms with Gasteiger partial charge < -0.3 is 16.0 Å². The van der Waals surface area contributed by atoms with Gasteiger partial charge in [0, 0.05) is 31.3 Å². The van der Waals surface area contributed by atoms with Crippen LogP contribution in [0.5, 0.6) is 0 Å². The highest BCUT2D eigenvalue weighted by Crippen LogP contribution is 2.35. The van der Waals surface area contributed by atoms with Gasteiger partial charge in [-0.3, -0.25) is 34.6 Å². The molecule has 11 nitrogen and oxygen atoms in total. The first-order valence-corrected chi connectivity index (χ1v) is 14.4. The zero-order chi connectivity index (χ0) is 30.8. The van der Waals surface area contributed by atoms with Crippen LogP contribution in [0.2, 0.25) is 0 Å². The number of hydrogen-bond acceptors (Lipinski definition) is 6. The maximum Gasteiger partial charge on any atom is 0.411 e. The van der Waals surface area contributed by atoms with Gasteiger partial charge in [-0.25, -0.2) is 4.79 Å². The van der Waals surface area contributed by atoms with Gasteiger partial charge in [-0.2, -0.15) is 0 Å². The van der Waals surface area contributed by atoms with Crippen LogP contribution in [-0.4, -0.2) is 65.5 Å². The molecule has 3 unspecified atom stereocenters. The summed E-state index contributed by atoms with van der Waals surface area (Å²) in [6.45, 7) is 15.6. The summed E-state index contributed by atoms with van der Waals surface area (Å²) >= 11 is 0. The predicted octanol–water partition coefficient (Wildman–Crippen LogP) is 1.94. The number of amides is 6. The lowest BCUT2D eigenvalue weighted by atomic mass is 9.80. The number of Topliss-reactive ketones (excluding diaryl/α,β-unsaturated/α-hetero) is 1. The molecule has 6 amide bonds. The first-order chi connectivity index (χ1) is 18.4. The molecular formula is C29H52N5O6+. The summed E-state index contributed by atoms with van der Waals surface area (Å²) in [6.07, 6.45) is 3.12. The van der Waals surface area contributed by atoms with Crippen molar-refractivity contribution in [3.8, 4) is 0 Å². The number of unbranched alkanes of at least 4 members (excludes halogenated alkanes) is 2. The van der Waals surface area contributed by atoms with E-state index < -0.39 is 29.4 Å². The van der Waals surface area contributed by atoms with Gasteiger partial charge >= 0.3 is 6.03 Å². The van der Waals surface area contributed by atoms with Crippen LogP contribution in [0.25, 0.3) is 0 Å². The standard InChI is InChI=1S/C29H51N5O6/c1-18(2)23(25(38)32-20(24(37)29(6,7)8)13-12-15-31-27(30)40)33-21(35)14-10-9-11-16-34-22(36)17-19(26(34)39)28(3,4)5/h18-20,23H,9-17H2,1-8H3,(H,32,38)(H,33,35)(H3,30,31,40)/p+1. The quantitative estimate of drug-likeness (QED) is 0.174.